The monoisotopic (exact) mass is 336 g/mol. The number of thioether (sulfide) groups is 1. The third kappa shape index (κ3) is 2.59. The maximum Gasteiger partial charge on any atom is 0.196 e. The topological polar surface area (TPSA) is 52.3 Å². The Morgan fingerprint density at radius 2 is 2.08 bits per heavy atom. The van der Waals surface area contributed by atoms with Gasteiger partial charge < -0.3 is 4.74 Å². The number of benzene rings is 1. The van der Waals surface area contributed by atoms with Crippen molar-refractivity contribution in [1.29, 1.82) is 0 Å². The number of fused-ring (bicyclic) bond motifs is 3. The molecule has 0 unspecified atom stereocenters. The Hall–Kier alpha value is -2.60. The largest absolute Gasteiger partial charge is 0.497 e. The van der Waals surface area contributed by atoms with Crippen molar-refractivity contribution in [3.8, 4) is 5.75 Å². The van der Waals surface area contributed by atoms with E-state index >= 15 is 0 Å². The van der Waals surface area contributed by atoms with Crippen LogP contribution in [0.4, 0.5) is 0 Å². The second-order valence-corrected chi connectivity index (χ2v) is 6.48. The van der Waals surface area contributed by atoms with Gasteiger partial charge in [-0.25, -0.2) is 0 Å². The van der Waals surface area contributed by atoms with Crippen molar-refractivity contribution in [2.75, 3.05) is 7.11 Å². The summed E-state index contributed by atoms with van der Waals surface area (Å²) in [5.41, 5.74) is 4.24. The minimum absolute atomic E-state index is 0.800. The van der Waals surface area contributed by atoms with E-state index in [-0.39, 0.29) is 0 Å². The van der Waals surface area contributed by atoms with E-state index < -0.39 is 0 Å². The predicted molar refractivity (Wildman–Crippen MR) is 95.6 cm³/mol. The van der Waals surface area contributed by atoms with Gasteiger partial charge in [0.25, 0.3) is 0 Å². The van der Waals surface area contributed by atoms with Crippen molar-refractivity contribution < 1.29 is 4.74 Å². The van der Waals surface area contributed by atoms with Gasteiger partial charge in [-0.1, -0.05) is 17.8 Å². The average molecular weight is 336 g/mol. The van der Waals surface area contributed by atoms with Gasteiger partial charge in [0.2, 0.25) is 0 Å². The molecule has 0 radical (unpaired) electrons. The molecule has 0 spiro atoms. The summed E-state index contributed by atoms with van der Waals surface area (Å²) >= 11 is 1.65. The van der Waals surface area contributed by atoms with Gasteiger partial charge in [0.05, 0.1) is 12.6 Å². The summed E-state index contributed by atoms with van der Waals surface area (Å²) in [5, 5.41) is 10.7. The molecule has 3 aromatic heterocycles. The van der Waals surface area contributed by atoms with Crippen LogP contribution in [0.3, 0.4) is 0 Å². The zero-order valence-electron chi connectivity index (χ0n) is 13.4. The fourth-order valence-electron chi connectivity index (χ4n) is 2.75. The van der Waals surface area contributed by atoms with Gasteiger partial charge in [0.15, 0.2) is 10.8 Å². The first kappa shape index (κ1) is 15.0. The van der Waals surface area contributed by atoms with Crippen LogP contribution in [-0.4, -0.2) is 26.7 Å². The number of hydrogen-bond acceptors (Lipinski definition) is 5. The first-order valence-electron chi connectivity index (χ1n) is 7.60. The lowest BCUT2D eigenvalue weighted by Crippen LogP contribution is -1.94. The molecule has 0 amide bonds. The molecular formula is C18H16N4OS. The van der Waals surface area contributed by atoms with Crippen LogP contribution in [0, 0.1) is 6.92 Å². The minimum atomic E-state index is 0.800. The fraction of sp³-hybridized carbons (Fsp3) is 0.167. The normalized spacial score (nSPS) is 11.2. The molecule has 0 aliphatic rings. The molecule has 4 aromatic rings. The maximum atomic E-state index is 5.39. The molecule has 24 heavy (non-hydrogen) atoms. The van der Waals surface area contributed by atoms with Crippen LogP contribution in [0.2, 0.25) is 0 Å². The number of methoxy groups -OCH3 is 1. The molecular weight excluding hydrogens is 320 g/mol. The van der Waals surface area contributed by atoms with Crippen LogP contribution >= 0.6 is 11.8 Å². The number of aromatic nitrogens is 4. The first-order chi connectivity index (χ1) is 11.8. The van der Waals surface area contributed by atoms with Crippen molar-refractivity contribution in [2.45, 2.75) is 17.8 Å². The Morgan fingerprint density at radius 3 is 2.88 bits per heavy atom. The standard InChI is InChI=1S/C18H16N4OS/c1-12-8-17-20-21-18(24-11-13-4-3-7-19-10-13)22(17)16-9-14(23-2)5-6-15(12)16/h3-10H,11H2,1-2H3. The smallest absolute Gasteiger partial charge is 0.196 e. The molecule has 0 saturated carbocycles. The number of pyridine rings is 2. The Labute approximate surface area is 143 Å². The third-order valence-electron chi connectivity index (χ3n) is 3.97. The molecule has 0 fully saturated rings. The summed E-state index contributed by atoms with van der Waals surface area (Å²) in [6.45, 7) is 2.09. The summed E-state index contributed by atoms with van der Waals surface area (Å²) in [5.74, 6) is 1.62. The molecule has 5 nitrogen and oxygen atoms in total. The molecule has 4 rings (SSSR count). The van der Waals surface area contributed by atoms with Crippen molar-refractivity contribution in [2.24, 2.45) is 0 Å². The third-order valence-corrected chi connectivity index (χ3v) is 4.97. The summed E-state index contributed by atoms with van der Waals surface area (Å²) in [7, 11) is 1.68. The number of nitrogens with zero attached hydrogens (tertiary/aromatic N) is 4. The minimum Gasteiger partial charge on any atom is -0.497 e. The molecule has 3 heterocycles. The number of ether oxygens (including phenoxy) is 1. The zero-order chi connectivity index (χ0) is 16.5. The second-order valence-electron chi connectivity index (χ2n) is 5.54. The van der Waals surface area contributed by atoms with Crippen LogP contribution in [0.5, 0.6) is 5.75 Å². The molecule has 0 atom stereocenters. The van der Waals surface area contributed by atoms with Crippen LogP contribution in [0.15, 0.2) is 53.9 Å². The van der Waals surface area contributed by atoms with Crippen LogP contribution in [0.25, 0.3) is 16.6 Å². The number of rotatable bonds is 4. The molecule has 0 bridgehead atoms. The second kappa shape index (κ2) is 6.13. The van der Waals surface area contributed by atoms with Gasteiger partial charge in [-0.15, -0.1) is 10.2 Å². The first-order valence-corrected chi connectivity index (χ1v) is 8.59. The zero-order valence-corrected chi connectivity index (χ0v) is 14.2. The Bertz CT molecular complexity index is 1010. The van der Waals surface area contributed by atoms with E-state index in [9.17, 15) is 0 Å². The van der Waals surface area contributed by atoms with Crippen LogP contribution < -0.4 is 4.74 Å². The lowest BCUT2D eigenvalue weighted by molar-refractivity contribution is 0.415. The Kier molecular flexibility index (Phi) is 3.82. The molecule has 0 aliphatic carbocycles. The van der Waals surface area contributed by atoms with Gasteiger partial charge in [0, 0.05) is 29.6 Å². The maximum absolute atomic E-state index is 5.39. The molecule has 6 heteroatoms. The van der Waals surface area contributed by atoms with E-state index in [0.717, 1.165) is 33.4 Å². The lowest BCUT2D eigenvalue weighted by atomic mass is 10.1. The fourth-order valence-corrected chi connectivity index (χ4v) is 3.64. The predicted octanol–water partition coefficient (Wildman–Crippen LogP) is 3.89. The SMILES string of the molecule is COc1ccc2c(C)cc3nnc(SCc4cccnc4)n3c2c1. The summed E-state index contributed by atoms with van der Waals surface area (Å²) < 4.78 is 7.48. The summed E-state index contributed by atoms with van der Waals surface area (Å²) in [4.78, 5) is 4.16. The van der Waals surface area contributed by atoms with Gasteiger partial charge in [0.1, 0.15) is 5.75 Å². The highest BCUT2D eigenvalue weighted by Crippen LogP contribution is 2.29. The van der Waals surface area contributed by atoms with Gasteiger partial charge >= 0.3 is 0 Å². The number of hydrogen-bond donors (Lipinski definition) is 0. The van der Waals surface area contributed by atoms with Gasteiger partial charge in [-0.05, 0) is 42.3 Å². The van der Waals surface area contributed by atoms with Crippen LogP contribution in [0.1, 0.15) is 11.1 Å². The summed E-state index contributed by atoms with van der Waals surface area (Å²) in [6, 6.07) is 12.2. The van der Waals surface area contributed by atoms with E-state index in [2.05, 4.69) is 44.7 Å². The Balaban J connectivity index is 1.83. The van der Waals surface area contributed by atoms with Crippen molar-refractivity contribution in [1.82, 2.24) is 19.6 Å². The average Bonchev–Trinajstić information content (AvgIpc) is 3.03. The molecule has 0 aliphatic heterocycles. The highest BCUT2D eigenvalue weighted by atomic mass is 32.2. The van der Waals surface area contributed by atoms with Crippen molar-refractivity contribution in [3.05, 3.63) is 59.9 Å². The summed E-state index contributed by atoms with van der Waals surface area (Å²) in [6.07, 6.45) is 3.66. The van der Waals surface area contributed by atoms with E-state index in [0.29, 0.717) is 0 Å². The highest BCUT2D eigenvalue weighted by molar-refractivity contribution is 7.98. The Morgan fingerprint density at radius 1 is 1.17 bits per heavy atom. The van der Waals surface area contributed by atoms with Crippen LogP contribution in [-0.2, 0) is 5.75 Å². The number of aryl methyl sites for hydroxylation is 1. The van der Waals surface area contributed by atoms with Gasteiger partial charge in [-0.3, -0.25) is 9.38 Å². The quantitative estimate of drug-likeness (QED) is 0.529. The molecule has 120 valence electrons. The van der Waals surface area contributed by atoms with E-state index in [1.54, 1.807) is 25.1 Å². The van der Waals surface area contributed by atoms with E-state index in [1.807, 2.05) is 24.4 Å². The van der Waals surface area contributed by atoms with Crippen molar-refractivity contribution >= 4 is 28.3 Å². The van der Waals surface area contributed by atoms with E-state index in [1.165, 1.54) is 10.9 Å². The van der Waals surface area contributed by atoms with E-state index in [4.69, 9.17) is 4.74 Å². The molecule has 0 N–H and O–H groups in total. The lowest BCUT2D eigenvalue weighted by Gasteiger charge is -2.09. The molecule has 0 saturated heterocycles. The van der Waals surface area contributed by atoms with Crippen molar-refractivity contribution in [3.63, 3.8) is 0 Å². The highest BCUT2D eigenvalue weighted by Gasteiger charge is 2.12. The molecule has 1 aromatic carbocycles. The van der Waals surface area contributed by atoms with Gasteiger partial charge in [-0.2, -0.15) is 0 Å².